The quantitative estimate of drug-likeness (QED) is 0.149. The van der Waals surface area contributed by atoms with Crippen molar-refractivity contribution in [3.05, 3.63) is 111 Å². The maximum absolute atomic E-state index is 15.3. The average molecular weight is 639 g/mol. The minimum Gasteiger partial charge on any atom is -0.478 e. The molecule has 0 amide bonds. The van der Waals surface area contributed by atoms with Crippen LogP contribution >= 0.6 is 0 Å². The van der Waals surface area contributed by atoms with E-state index in [1.54, 1.807) is 49.6 Å². The van der Waals surface area contributed by atoms with Gasteiger partial charge < -0.3 is 19.7 Å². The first-order chi connectivity index (χ1) is 22.4. The zero-order valence-corrected chi connectivity index (χ0v) is 26.6. The van der Waals surface area contributed by atoms with Gasteiger partial charge in [0.1, 0.15) is 17.3 Å². The molecule has 0 radical (unpaired) electrons. The lowest BCUT2D eigenvalue weighted by Crippen LogP contribution is -2.25. The summed E-state index contributed by atoms with van der Waals surface area (Å²) in [6.07, 6.45) is 6.54. The Bertz CT molecular complexity index is 2120. The molecule has 47 heavy (non-hydrogen) atoms. The molecule has 11 nitrogen and oxygen atoms in total. The van der Waals surface area contributed by atoms with E-state index >= 15 is 4.39 Å². The number of aliphatic hydroxyl groups is 1. The topological polar surface area (TPSA) is 141 Å². The summed E-state index contributed by atoms with van der Waals surface area (Å²) in [7, 11) is 1.58. The number of carbonyl (C=O) groups is 1. The minimum absolute atomic E-state index is 0.0286. The van der Waals surface area contributed by atoms with E-state index in [2.05, 4.69) is 27.0 Å². The third-order valence-corrected chi connectivity index (χ3v) is 7.62. The van der Waals surface area contributed by atoms with Gasteiger partial charge in [0.2, 0.25) is 5.88 Å². The van der Waals surface area contributed by atoms with Crippen molar-refractivity contribution in [1.82, 2.24) is 24.3 Å². The van der Waals surface area contributed by atoms with E-state index < -0.39 is 18.0 Å². The van der Waals surface area contributed by atoms with Crippen molar-refractivity contribution in [2.24, 2.45) is 7.05 Å². The van der Waals surface area contributed by atoms with Gasteiger partial charge in [-0.25, -0.2) is 9.37 Å². The average Bonchev–Trinajstić information content (AvgIpc) is 3.04. The molecule has 0 saturated heterocycles. The highest BCUT2D eigenvalue weighted by molar-refractivity contribution is 5.89. The number of halogens is 1. The van der Waals surface area contributed by atoms with Crippen molar-refractivity contribution in [3.63, 3.8) is 0 Å². The number of nitrogens with one attached hydrogen (secondary N) is 1. The van der Waals surface area contributed by atoms with Gasteiger partial charge in [0.15, 0.2) is 11.6 Å². The highest BCUT2D eigenvalue weighted by atomic mass is 19.1. The first-order valence-electron chi connectivity index (χ1n) is 15.0. The number of hydrogen-bond acceptors (Lipinski definition) is 9. The third kappa shape index (κ3) is 7.02. The van der Waals surface area contributed by atoms with Crippen LogP contribution in [-0.2, 0) is 23.9 Å². The van der Waals surface area contributed by atoms with Crippen LogP contribution in [0.4, 0.5) is 15.9 Å². The van der Waals surface area contributed by atoms with Gasteiger partial charge in [-0.15, -0.1) is 0 Å². The molecule has 4 heterocycles. The van der Waals surface area contributed by atoms with Crippen molar-refractivity contribution in [3.8, 4) is 22.8 Å². The SMILES string of the molecule is C=CC(=O)CCCOc1cccc(Nc2cc(-c3ccnc(-n4ncc5cc(C(C)(C)C)cc(F)c5c4=O)c3CO)cn(C)c2=O)n1. The Kier molecular flexibility index (Phi) is 9.43. The number of ether oxygens (including phenoxy) is 1. The molecular weight excluding hydrogens is 603 g/mol. The molecule has 1 aromatic carbocycles. The lowest BCUT2D eigenvalue weighted by atomic mass is 9.86. The molecule has 0 aliphatic heterocycles. The molecule has 0 aliphatic carbocycles. The van der Waals surface area contributed by atoms with Crippen LogP contribution in [0.2, 0.25) is 0 Å². The van der Waals surface area contributed by atoms with Crippen molar-refractivity contribution in [2.45, 2.75) is 45.6 Å². The van der Waals surface area contributed by atoms with Crippen molar-refractivity contribution >= 4 is 28.1 Å². The Morgan fingerprint density at radius 3 is 2.66 bits per heavy atom. The van der Waals surface area contributed by atoms with E-state index in [0.717, 1.165) is 10.2 Å². The third-order valence-electron chi connectivity index (χ3n) is 7.62. The summed E-state index contributed by atoms with van der Waals surface area (Å²) in [6.45, 7) is 9.06. The predicted octanol–water partition coefficient (Wildman–Crippen LogP) is 5.13. The standard InChI is InChI=1S/C35H35FN6O5/c1-6-24(44)9-8-14-47-30-11-7-10-29(40-30)39-28-16-22(19-41(5)33(28)45)25-12-13-37-32(26(25)20-43)42-34(46)31-21(18-38-42)15-23(17-27(31)36)35(2,3)4/h6-7,10-13,15-19,43H,1,8-9,14,20H2,2-5H3,(H,39,40). The molecule has 2 N–H and O–H groups in total. The number of allylic oxidation sites excluding steroid dienone is 1. The molecule has 0 unspecified atom stereocenters. The predicted molar refractivity (Wildman–Crippen MR) is 178 cm³/mol. The van der Waals surface area contributed by atoms with Gasteiger partial charge in [0.05, 0.1) is 24.8 Å². The molecule has 0 spiro atoms. The number of ketones is 1. The normalized spacial score (nSPS) is 11.4. The maximum Gasteiger partial charge on any atom is 0.283 e. The van der Waals surface area contributed by atoms with Gasteiger partial charge in [0.25, 0.3) is 11.1 Å². The van der Waals surface area contributed by atoms with E-state index in [4.69, 9.17) is 4.74 Å². The maximum atomic E-state index is 15.3. The van der Waals surface area contributed by atoms with Crippen LogP contribution in [0.15, 0.2) is 83.3 Å². The molecule has 5 rings (SSSR count). The number of anilines is 2. The first kappa shape index (κ1) is 32.9. The van der Waals surface area contributed by atoms with Gasteiger partial charge in [-0.2, -0.15) is 14.8 Å². The number of carbonyl (C=O) groups excluding carboxylic acids is 1. The molecule has 0 saturated carbocycles. The number of aliphatic hydroxyl groups excluding tert-OH is 1. The highest BCUT2D eigenvalue weighted by Crippen LogP contribution is 2.30. The molecule has 12 heteroatoms. The second-order valence-corrected chi connectivity index (χ2v) is 12.0. The Balaban J connectivity index is 1.50. The number of aryl methyl sites for hydroxylation is 1. The molecule has 5 aromatic rings. The van der Waals surface area contributed by atoms with Crippen LogP contribution in [0, 0.1) is 5.82 Å². The smallest absolute Gasteiger partial charge is 0.283 e. The number of benzene rings is 1. The van der Waals surface area contributed by atoms with Crippen molar-refractivity contribution in [2.75, 3.05) is 11.9 Å². The Morgan fingerprint density at radius 1 is 1.15 bits per heavy atom. The van der Waals surface area contributed by atoms with Crippen LogP contribution in [-0.4, -0.2) is 41.8 Å². The summed E-state index contributed by atoms with van der Waals surface area (Å²) in [4.78, 5) is 46.9. The lowest BCUT2D eigenvalue weighted by Gasteiger charge is -2.20. The number of nitrogens with zero attached hydrogens (tertiary/aromatic N) is 5. The van der Waals surface area contributed by atoms with Gasteiger partial charge in [0, 0.05) is 48.4 Å². The number of aromatic nitrogens is 5. The van der Waals surface area contributed by atoms with Crippen LogP contribution in [0.3, 0.4) is 0 Å². The number of hydrogen-bond donors (Lipinski definition) is 2. The second kappa shape index (κ2) is 13.5. The van der Waals surface area contributed by atoms with E-state index in [1.807, 2.05) is 20.8 Å². The van der Waals surface area contributed by atoms with Gasteiger partial charge in [-0.3, -0.25) is 14.4 Å². The Hall–Kier alpha value is -5.49. The summed E-state index contributed by atoms with van der Waals surface area (Å²) < 4.78 is 23.3. The molecule has 0 atom stereocenters. The zero-order chi connectivity index (χ0) is 33.9. The Labute approximate surface area is 270 Å². The molecule has 0 fully saturated rings. The van der Waals surface area contributed by atoms with E-state index in [1.165, 1.54) is 29.1 Å². The van der Waals surface area contributed by atoms with E-state index in [-0.39, 0.29) is 45.8 Å². The number of fused-ring (bicyclic) bond motifs is 1. The summed E-state index contributed by atoms with van der Waals surface area (Å²) >= 11 is 0. The van der Waals surface area contributed by atoms with Crippen molar-refractivity contribution < 1.29 is 19.0 Å². The molecule has 4 aromatic heterocycles. The van der Waals surface area contributed by atoms with Crippen LogP contribution < -0.4 is 21.2 Å². The van der Waals surface area contributed by atoms with Crippen LogP contribution in [0.25, 0.3) is 27.7 Å². The molecule has 242 valence electrons. The fourth-order valence-corrected chi connectivity index (χ4v) is 5.08. The van der Waals surface area contributed by atoms with E-state index in [9.17, 15) is 19.5 Å². The van der Waals surface area contributed by atoms with Crippen molar-refractivity contribution in [1.29, 1.82) is 0 Å². The molecule has 0 aliphatic rings. The van der Waals surface area contributed by atoms with Crippen LogP contribution in [0.1, 0.15) is 44.7 Å². The fourth-order valence-electron chi connectivity index (χ4n) is 5.08. The van der Waals surface area contributed by atoms with Gasteiger partial charge >= 0.3 is 0 Å². The summed E-state index contributed by atoms with van der Waals surface area (Å²) in [5.74, 6) is -0.0478. The summed E-state index contributed by atoms with van der Waals surface area (Å²) in [6, 6.07) is 11.4. The number of rotatable bonds is 11. The van der Waals surface area contributed by atoms with Gasteiger partial charge in [-0.05, 0) is 59.4 Å². The highest BCUT2D eigenvalue weighted by Gasteiger charge is 2.21. The van der Waals surface area contributed by atoms with Gasteiger partial charge in [-0.1, -0.05) is 33.4 Å². The molecular formula is C35H35FN6O5. The summed E-state index contributed by atoms with van der Waals surface area (Å²) in [5, 5.41) is 18.1. The van der Waals surface area contributed by atoms with Crippen LogP contribution in [0.5, 0.6) is 5.88 Å². The Morgan fingerprint density at radius 2 is 1.94 bits per heavy atom. The first-order valence-corrected chi connectivity index (χ1v) is 15.0. The number of pyridine rings is 3. The monoisotopic (exact) mass is 638 g/mol. The summed E-state index contributed by atoms with van der Waals surface area (Å²) in [5.41, 5.74) is 0.762. The fraction of sp³-hybridized carbons (Fsp3) is 0.257. The zero-order valence-electron chi connectivity index (χ0n) is 26.6. The van der Waals surface area contributed by atoms with E-state index in [0.29, 0.717) is 41.1 Å². The lowest BCUT2D eigenvalue weighted by molar-refractivity contribution is -0.114. The second-order valence-electron chi connectivity index (χ2n) is 12.0. The minimum atomic E-state index is -0.719. The largest absolute Gasteiger partial charge is 0.478 e. The molecule has 0 bridgehead atoms.